The van der Waals surface area contributed by atoms with Gasteiger partial charge in [-0.05, 0) is 12.1 Å². The van der Waals surface area contributed by atoms with Gasteiger partial charge in [0.2, 0.25) is 0 Å². The van der Waals surface area contributed by atoms with E-state index in [4.69, 9.17) is 15.2 Å². The molecule has 0 aliphatic carbocycles. The molecule has 0 spiro atoms. The normalized spacial score (nSPS) is 20.1. The van der Waals surface area contributed by atoms with Crippen LogP contribution in [0, 0.1) is 0 Å². The summed E-state index contributed by atoms with van der Waals surface area (Å²) in [4.78, 5) is 11.2. The molecule has 4 nitrogen and oxygen atoms in total. The minimum atomic E-state index is -0.501. The zero-order chi connectivity index (χ0) is 10.8. The molecule has 1 aliphatic rings. The number of carbonyl (C=O) groups is 1. The molecule has 0 aromatic heterocycles. The second-order valence-corrected chi connectivity index (χ2v) is 4.20. The molecule has 1 unspecified atom stereocenters. The number of anilines is 1. The van der Waals surface area contributed by atoms with E-state index in [1.807, 2.05) is 0 Å². The van der Waals surface area contributed by atoms with E-state index in [-0.39, 0.29) is 5.97 Å². The Balaban J connectivity index is 2.13. The highest BCUT2D eigenvalue weighted by molar-refractivity contribution is 9.10. The monoisotopic (exact) mass is 271 g/mol. The summed E-state index contributed by atoms with van der Waals surface area (Å²) in [5.41, 5.74) is 6.23. The molecular formula is C10H10BrNO3. The van der Waals surface area contributed by atoms with Gasteiger partial charge in [-0.1, -0.05) is 15.9 Å². The van der Waals surface area contributed by atoms with Crippen LogP contribution in [0.3, 0.4) is 0 Å². The SMILES string of the molecule is Nc1cc(Br)cc(OC2CCOC2=O)c1. The summed E-state index contributed by atoms with van der Waals surface area (Å²) < 4.78 is 11.1. The van der Waals surface area contributed by atoms with Crippen LogP contribution in [0.4, 0.5) is 5.69 Å². The van der Waals surface area contributed by atoms with E-state index >= 15 is 0 Å². The lowest BCUT2D eigenvalue weighted by Crippen LogP contribution is -2.21. The van der Waals surface area contributed by atoms with Gasteiger partial charge in [-0.25, -0.2) is 4.79 Å². The number of esters is 1. The zero-order valence-corrected chi connectivity index (χ0v) is 9.49. The second kappa shape index (κ2) is 4.10. The summed E-state index contributed by atoms with van der Waals surface area (Å²) in [6, 6.07) is 5.21. The second-order valence-electron chi connectivity index (χ2n) is 3.28. The predicted molar refractivity (Wildman–Crippen MR) is 58.5 cm³/mol. The van der Waals surface area contributed by atoms with Crippen molar-refractivity contribution < 1.29 is 14.3 Å². The van der Waals surface area contributed by atoms with Crippen LogP contribution in [0.2, 0.25) is 0 Å². The van der Waals surface area contributed by atoms with E-state index in [9.17, 15) is 4.79 Å². The Kier molecular flexibility index (Phi) is 2.81. The molecule has 15 heavy (non-hydrogen) atoms. The van der Waals surface area contributed by atoms with Crippen LogP contribution in [-0.2, 0) is 9.53 Å². The van der Waals surface area contributed by atoms with Crippen molar-refractivity contribution in [3.63, 3.8) is 0 Å². The summed E-state index contributed by atoms with van der Waals surface area (Å²) in [6.07, 6.45) is 0.0873. The molecule has 0 radical (unpaired) electrons. The van der Waals surface area contributed by atoms with Gasteiger partial charge in [0, 0.05) is 22.6 Å². The van der Waals surface area contributed by atoms with Crippen molar-refractivity contribution in [3.05, 3.63) is 22.7 Å². The quantitative estimate of drug-likeness (QED) is 0.657. The zero-order valence-electron chi connectivity index (χ0n) is 7.90. The fourth-order valence-electron chi connectivity index (χ4n) is 1.40. The highest BCUT2D eigenvalue weighted by atomic mass is 79.9. The van der Waals surface area contributed by atoms with E-state index in [1.165, 1.54) is 0 Å². The largest absolute Gasteiger partial charge is 0.478 e. The van der Waals surface area contributed by atoms with E-state index in [1.54, 1.807) is 18.2 Å². The molecular weight excluding hydrogens is 262 g/mol. The average Bonchev–Trinajstić information content (AvgIpc) is 2.50. The van der Waals surface area contributed by atoms with Gasteiger partial charge < -0.3 is 15.2 Å². The van der Waals surface area contributed by atoms with Gasteiger partial charge in [0.05, 0.1) is 6.61 Å². The van der Waals surface area contributed by atoms with Gasteiger partial charge in [-0.3, -0.25) is 0 Å². The third-order valence-corrected chi connectivity index (χ3v) is 2.52. The number of hydrogen-bond donors (Lipinski definition) is 1. The number of nitrogen functional groups attached to an aromatic ring is 1. The van der Waals surface area contributed by atoms with Crippen LogP contribution in [-0.4, -0.2) is 18.7 Å². The number of ether oxygens (including phenoxy) is 2. The molecule has 1 aromatic rings. The molecule has 1 aliphatic heterocycles. The van der Waals surface area contributed by atoms with E-state index in [0.29, 0.717) is 24.5 Å². The molecule has 1 atom stereocenters. The van der Waals surface area contributed by atoms with Crippen molar-refractivity contribution in [1.82, 2.24) is 0 Å². The molecule has 0 saturated carbocycles. The van der Waals surface area contributed by atoms with Gasteiger partial charge in [-0.2, -0.15) is 0 Å². The van der Waals surface area contributed by atoms with E-state index in [0.717, 1.165) is 4.47 Å². The standard InChI is InChI=1S/C10H10BrNO3/c11-6-3-7(12)5-8(4-6)15-9-1-2-14-10(9)13/h3-5,9H,1-2,12H2. The number of rotatable bonds is 2. The Bertz CT molecular complexity index is 374. The lowest BCUT2D eigenvalue weighted by molar-refractivity contribution is -0.143. The summed E-state index contributed by atoms with van der Waals surface area (Å²) in [6.45, 7) is 0.424. The summed E-state index contributed by atoms with van der Waals surface area (Å²) in [5, 5.41) is 0. The topological polar surface area (TPSA) is 61.6 Å². The summed E-state index contributed by atoms with van der Waals surface area (Å²) in [5.74, 6) is 0.263. The Hall–Kier alpha value is -1.23. The maximum Gasteiger partial charge on any atom is 0.347 e. The molecule has 2 rings (SSSR count). The Morgan fingerprint density at radius 2 is 2.27 bits per heavy atom. The fourth-order valence-corrected chi connectivity index (χ4v) is 1.89. The highest BCUT2D eigenvalue weighted by Crippen LogP contribution is 2.25. The minimum Gasteiger partial charge on any atom is -0.478 e. The van der Waals surface area contributed by atoms with Crippen molar-refractivity contribution in [2.24, 2.45) is 0 Å². The minimum absolute atomic E-state index is 0.312. The maximum atomic E-state index is 11.2. The molecule has 0 bridgehead atoms. The lowest BCUT2D eigenvalue weighted by atomic mass is 10.3. The van der Waals surface area contributed by atoms with Crippen LogP contribution >= 0.6 is 15.9 Å². The third-order valence-electron chi connectivity index (χ3n) is 2.06. The van der Waals surface area contributed by atoms with Crippen molar-refractivity contribution >= 4 is 27.6 Å². The average molecular weight is 272 g/mol. The number of benzene rings is 1. The van der Waals surface area contributed by atoms with Crippen molar-refractivity contribution in [1.29, 1.82) is 0 Å². The molecule has 1 fully saturated rings. The van der Waals surface area contributed by atoms with Crippen LogP contribution in [0.1, 0.15) is 6.42 Å². The van der Waals surface area contributed by atoms with Crippen LogP contribution in [0.5, 0.6) is 5.75 Å². The first kappa shape index (κ1) is 10.3. The van der Waals surface area contributed by atoms with Gasteiger partial charge >= 0.3 is 5.97 Å². The first-order chi connectivity index (χ1) is 7.15. The van der Waals surface area contributed by atoms with Gasteiger partial charge in [0.1, 0.15) is 5.75 Å². The van der Waals surface area contributed by atoms with Crippen LogP contribution < -0.4 is 10.5 Å². The van der Waals surface area contributed by atoms with Crippen LogP contribution in [0.15, 0.2) is 22.7 Å². The van der Waals surface area contributed by atoms with Crippen molar-refractivity contribution in [2.45, 2.75) is 12.5 Å². The van der Waals surface area contributed by atoms with Gasteiger partial charge in [-0.15, -0.1) is 0 Å². The molecule has 0 amide bonds. The molecule has 1 saturated heterocycles. The van der Waals surface area contributed by atoms with Gasteiger partial charge in [0.25, 0.3) is 0 Å². The molecule has 5 heteroatoms. The first-order valence-corrected chi connectivity index (χ1v) is 5.34. The number of nitrogens with two attached hydrogens (primary N) is 1. The Morgan fingerprint density at radius 3 is 2.87 bits per heavy atom. The van der Waals surface area contributed by atoms with Gasteiger partial charge in [0.15, 0.2) is 6.10 Å². The maximum absolute atomic E-state index is 11.2. The molecule has 80 valence electrons. The van der Waals surface area contributed by atoms with Crippen LogP contribution in [0.25, 0.3) is 0 Å². The number of hydrogen-bond acceptors (Lipinski definition) is 4. The number of carbonyl (C=O) groups excluding carboxylic acids is 1. The lowest BCUT2D eigenvalue weighted by Gasteiger charge is -2.10. The molecule has 1 aromatic carbocycles. The fraction of sp³-hybridized carbons (Fsp3) is 0.300. The van der Waals surface area contributed by atoms with Crippen molar-refractivity contribution in [2.75, 3.05) is 12.3 Å². The van der Waals surface area contributed by atoms with E-state index < -0.39 is 6.10 Å². The number of cyclic esters (lactones) is 1. The van der Waals surface area contributed by atoms with E-state index in [2.05, 4.69) is 15.9 Å². The highest BCUT2D eigenvalue weighted by Gasteiger charge is 2.28. The number of halogens is 1. The smallest absolute Gasteiger partial charge is 0.347 e. The molecule has 2 N–H and O–H groups in total. The Labute approximate surface area is 95.5 Å². The summed E-state index contributed by atoms with van der Waals surface area (Å²) in [7, 11) is 0. The van der Waals surface area contributed by atoms with Crippen molar-refractivity contribution in [3.8, 4) is 5.75 Å². The third kappa shape index (κ3) is 2.41. The first-order valence-electron chi connectivity index (χ1n) is 4.54. The predicted octanol–water partition coefficient (Wildman–Crippen LogP) is 1.73. The summed E-state index contributed by atoms with van der Waals surface area (Å²) >= 11 is 3.30. The Morgan fingerprint density at radius 1 is 1.47 bits per heavy atom. The molecule has 1 heterocycles.